The highest BCUT2D eigenvalue weighted by atomic mass is 19.1. The number of ether oxygens (including phenoxy) is 1. The molecule has 0 saturated carbocycles. The average molecular weight is 147 g/mol. The predicted molar refractivity (Wildman–Crippen MR) is 37.8 cm³/mol. The zero-order chi connectivity index (χ0) is 7.56. The monoisotopic (exact) mass is 147 g/mol. The van der Waals surface area contributed by atoms with Gasteiger partial charge in [-0.05, 0) is 14.0 Å². The Kier molecular flexibility index (Phi) is 2.63. The van der Waals surface area contributed by atoms with Crippen LogP contribution in [-0.4, -0.2) is 43.9 Å². The Balaban J connectivity index is 2.33. The van der Waals surface area contributed by atoms with Crippen LogP contribution in [0.5, 0.6) is 0 Å². The number of halogens is 1. The molecule has 0 aromatic carbocycles. The standard InChI is InChI=1S/C7H14FNO/c1-6-5-10-7(3-8)4-9(6)2/h6-7H,3-5H2,1-2H3/t6-,7+/m0/s1. The lowest BCUT2D eigenvalue weighted by atomic mass is 10.2. The summed E-state index contributed by atoms with van der Waals surface area (Å²) in [5, 5.41) is 0. The molecule has 1 aliphatic heterocycles. The van der Waals surface area contributed by atoms with Crippen LogP contribution in [-0.2, 0) is 4.74 Å². The minimum absolute atomic E-state index is 0.193. The minimum atomic E-state index is -0.364. The lowest BCUT2D eigenvalue weighted by Crippen LogP contribution is -2.46. The fourth-order valence-corrected chi connectivity index (χ4v) is 1.05. The maximum absolute atomic E-state index is 12.0. The molecule has 0 unspecified atom stereocenters. The van der Waals surface area contributed by atoms with Crippen molar-refractivity contribution in [2.24, 2.45) is 0 Å². The molecule has 0 N–H and O–H groups in total. The first-order valence-electron chi connectivity index (χ1n) is 3.62. The van der Waals surface area contributed by atoms with Crippen molar-refractivity contribution in [1.29, 1.82) is 0 Å². The van der Waals surface area contributed by atoms with Crippen LogP contribution >= 0.6 is 0 Å². The van der Waals surface area contributed by atoms with Crippen molar-refractivity contribution in [3.63, 3.8) is 0 Å². The van der Waals surface area contributed by atoms with E-state index in [0.717, 1.165) is 6.54 Å². The highest BCUT2D eigenvalue weighted by Crippen LogP contribution is 2.08. The normalized spacial score (nSPS) is 36.3. The van der Waals surface area contributed by atoms with Gasteiger partial charge in [-0.25, -0.2) is 4.39 Å². The summed E-state index contributed by atoms with van der Waals surface area (Å²) in [6, 6.07) is 0.433. The first-order valence-corrected chi connectivity index (χ1v) is 3.62. The zero-order valence-electron chi connectivity index (χ0n) is 6.51. The number of alkyl halides is 1. The van der Waals surface area contributed by atoms with Gasteiger partial charge in [0.15, 0.2) is 0 Å². The summed E-state index contributed by atoms with van der Waals surface area (Å²) in [5.41, 5.74) is 0. The molecule has 0 radical (unpaired) electrons. The largest absolute Gasteiger partial charge is 0.373 e. The van der Waals surface area contributed by atoms with Crippen molar-refractivity contribution >= 4 is 0 Å². The Bertz CT molecular complexity index is 110. The van der Waals surface area contributed by atoms with Crippen LogP contribution < -0.4 is 0 Å². The summed E-state index contributed by atoms with van der Waals surface area (Å²) in [7, 11) is 2.00. The summed E-state index contributed by atoms with van der Waals surface area (Å²) >= 11 is 0. The Morgan fingerprint density at radius 2 is 2.40 bits per heavy atom. The summed E-state index contributed by atoms with van der Waals surface area (Å²) in [5.74, 6) is 0. The topological polar surface area (TPSA) is 12.5 Å². The number of hydrogen-bond acceptors (Lipinski definition) is 2. The van der Waals surface area contributed by atoms with E-state index in [1.54, 1.807) is 0 Å². The fraction of sp³-hybridized carbons (Fsp3) is 1.00. The number of likely N-dealkylation sites (N-methyl/N-ethyl adjacent to an activating group) is 1. The van der Waals surface area contributed by atoms with Crippen LogP contribution in [0.25, 0.3) is 0 Å². The van der Waals surface area contributed by atoms with Gasteiger partial charge in [-0.3, -0.25) is 4.90 Å². The minimum Gasteiger partial charge on any atom is -0.373 e. The van der Waals surface area contributed by atoms with Gasteiger partial charge in [-0.15, -0.1) is 0 Å². The molecular weight excluding hydrogens is 133 g/mol. The second-order valence-corrected chi connectivity index (χ2v) is 2.90. The Morgan fingerprint density at radius 3 is 2.90 bits per heavy atom. The van der Waals surface area contributed by atoms with Gasteiger partial charge in [0.05, 0.1) is 12.7 Å². The number of nitrogens with zero attached hydrogens (tertiary/aromatic N) is 1. The third-order valence-electron chi connectivity index (χ3n) is 1.99. The van der Waals surface area contributed by atoms with Crippen molar-refractivity contribution in [3.8, 4) is 0 Å². The molecule has 0 aliphatic carbocycles. The van der Waals surface area contributed by atoms with Gasteiger partial charge < -0.3 is 4.74 Å². The van der Waals surface area contributed by atoms with E-state index < -0.39 is 0 Å². The highest BCUT2D eigenvalue weighted by Gasteiger charge is 2.22. The zero-order valence-corrected chi connectivity index (χ0v) is 6.51. The molecule has 60 valence electrons. The van der Waals surface area contributed by atoms with E-state index in [1.807, 2.05) is 7.05 Å². The Labute approximate surface area is 61.0 Å². The number of morpholine rings is 1. The van der Waals surface area contributed by atoms with Gasteiger partial charge in [0.25, 0.3) is 0 Å². The van der Waals surface area contributed by atoms with Gasteiger partial charge in [-0.2, -0.15) is 0 Å². The summed E-state index contributed by atoms with van der Waals surface area (Å²) in [6.07, 6.45) is -0.193. The van der Waals surface area contributed by atoms with Crippen LogP contribution in [0.4, 0.5) is 4.39 Å². The Morgan fingerprint density at radius 1 is 1.70 bits per heavy atom. The second-order valence-electron chi connectivity index (χ2n) is 2.90. The molecular formula is C7H14FNO. The summed E-state index contributed by atoms with van der Waals surface area (Å²) < 4.78 is 17.2. The molecule has 0 amide bonds. The van der Waals surface area contributed by atoms with Crippen LogP contribution in [0, 0.1) is 0 Å². The lowest BCUT2D eigenvalue weighted by Gasteiger charge is -2.33. The fourth-order valence-electron chi connectivity index (χ4n) is 1.05. The van der Waals surface area contributed by atoms with E-state index in [4.69, 9.17) is 4.74 Å². The van der Waals surface area contributed by atoms with Crippen LogP contribution in [0.2, 0.25) is 0 Å². The predicted octanol–water partition coefficient (Wildman–Crippen LogP) is 0.675. The first kappa shape index (κ1) is 7.95. The molecule has 1 fully saturated rings. The molecule has 2 nitrogen and oxygen atoms in total. The van der Waals surface area contributed by atoms with E-state index in [0.29, 0.717) is 12.6 Å². The maximum Gasteiger partial charge on any atom is 0.117 e. The van der Waals surface area contributed by atoms with E-state index in [-0.39, 0.29) is 12.8 Å². The van der Waals surface area contributed by atoms with Gasteiger partial charge in [0.2, 0.25) is 0 Å². The van der Waals surface area contributed by atoms with E-state index >= 15 is 0 Å². The number of hydrogen-bond donors (Lipinski definition) is 0. The van der Waals surface area contributed by atoms with Crippen molar-refractivity contribution in [3.05, 3.63) is 0 Å². The van der Waals surface area contributed by atoms with Crippen LogP contribution in [0.3, 0.4) is 0 Å². The van der Waals surface area contributed by atoms with Gasteiger partial charge >= 0.3 is 0 Å². The molecule has 0 bridgehead atoms. The number of rotatable bonds is 1. The van der Waals surface area contributed by atoms with E-state index in [2.05, 4.69) is 11.8 Å². The molecule has 3 heteroatoms. The van der Waals surface area contributed by atoms with Gasteiger partial charge in [0, 0.05) is 12.6 Å². The van der Waals surface area contributed by atoms with E-state index in [1.165, 1.54) is 0 Å². The molecule has 1 aliphatic rings. The molecule has 10 heavy (non-hydrogen) atoms. The molecule has 1 heterocycles. The third kappa shape index (κ3) is 1.67. The average Bonchev–Trinajstić information content (AvgIpc) is 1.95. The van der Waals surface area contributed by atoms with Crippen molar-refractivity contribution in [2.45, 2.75) is 19.1 Å². The molecule has 2 atom stereocenters. The van der Waals surface area contributed by atoms with Crippen molar-refractivity contribution in [1.82, 2.24) is 4.90 Å². The SMILES string of the molecule is C[C@H]1CO[C@H](CF)CN1C. The third-order valence-corrected chi connectivity index (χ3v) is 1.99. The molecule has 0 aromatic rings. The van der Waals surface area contributed by atoms with Gasteiger partial charge in [0.1, 0.15) is 6.67 Å². The van der Waals surface area contributed by atoms with Crippen LogP contribution in [0.15, 0.2) is 0 Å². The summed E-state index contributed by atoms with van der Waals surface area (Å²) in [4.78, 5) is 2.12. The van der Waals surface area contributed by atoms with Crippen molar-refractivity contribution in [2.75, 3.05) is 26.9 Å². The smallest absolute Gasteiger partial charge is 0.117 e. The van der Waals surface area contributed by atoms with Crippen LogP contribution in [0.1, 0.15) is 6.92 Å². The quantitative estimate of drug-likeness (QED) is 0.540. The molecule has 0 spiro atoms. The lowest BCUT2D eigenvalue weighted by molar-refractivity contribution is -0.0570. The van der Waals surface area contributed by atoms with Gasteiger partial charge in [-0.1, -0.05) is 0 Å². The molecule has 1 saturated heterocycles. The first-order chi connectivity index (χ1) is 4.74. The second kappa shape index (κ2) is 3.30. The summed E-state index contributed by atoms with van der Waals surface area (Å²) in [6.45, 7) is 3.09. The Hall–Kier alpha value is -0.150. The van der Waals surface area contributed by atoms with E-state index in [9.17, 15) is 4.39 Å². The molecule has 0 aromatic heterocycles. The van der Waals surface area contributed by atoms with Crippen molar-refractivity contribution < 1.29 is 9.13 Å². The highest BCUT2D eigenvalue weighted by molar-refractivity contribution is 4.73. The molecule has 1 rings (SSSR count). The maximum atomic E-state index is 12.0.